The second-order valence-corrected chi connectivity index (χ2v) is 4.34. The van der Waals surface area contributed by atoms with Gasteiger partial charge in [0.2, 0.25) is 0 Å². The Morgan fingerprint density at radius 3 is 3.06 bits per heavy atom. The number of aromatic amines is 1. The first-order valence-corrected chi connectivity index (χ1v) is 5.48. The molecule has 1 aliphatic heterocycles. The summed E-state index contributed by atoms with van der Waals surface area (Å²) in [5.74, 6) is -0.178. The van der Waals surface area contributed by atoms with E-state index in [0.29, 0.717) is 12.5 Å². The van der Waals surface area contributed by atoms with Crippen molar-refractivity contribution in [2.45, 2.75) is 38.9 Å². The maximum atomic E-state index is 11.7. The number of fused-ring (bicyclic) bond motifs is 1. The zero-order valence-corrected chi connectivity index (χ0v) is 9.86. The van der Waals surface area contributed by atoms with Crippen molar-refractivity contribution in [2.75, 3.05) is 7.11 Å². The number of H-pyrrole nitrogens is 1. The molecule has 0 saturated heterocycles. The van der Waals surface area contributed by atoms with Crippen molar-refractivity contribution >= 4 is 5.97 Å². The average molecular weight is 223 g/mol. The Bertz CT molecular complexity index is 386. The SMILES string of the molecule is COC(=O)[C@@H]1Cc2nc[nH]c2CN1C(C)C. The Labute approximate surface area is 94.8 Å². The van der Waals surface area contributed by atoms with Crippen molar-refractivity contribution in [3.63, 3.8) is 0 Å². The van der Waals surface area contributed by atoms with Crippen LogP contribution in [0.1, 0.15) is 25.2 Å². The van der Waals surface area contributed by atoms with E-state index >= 15 is 0 Å². The number of carbonyl (C=O) groups excluding carboxylic acids is 1. The summed E-state index contributed by atoms with van der Waals surface area (Å²) >= 11 is 0. The number of aromatic nitrogens is 2. The summed E-state index contributed by atoms with van der Waals surface area (Å²) in [7, 11) is 1.43. The van der Waals surface area contributed by atoms with Gasteiger partial charge in [0, 0.05) is 19.0 Å². The van der Waals surface area contributed by atoms with Crippen LogP contribution in [0.4, 0.5) is 0 Å². The molecule has 1 N–H and O–H groups in total. The third-order valence-corrected chi connectivity index (χ3v) is 3.07. The first-order valence-electron chi connectivity index (χ1n) is 5.48. The Kier molecular flexibility index (Phi) is 2.96. The molecule has 5 heteroatoms. The van der Waals surface area contributed by atoms with E-state index in [1.165, 1.54) is 7.11 Å². The van der Waals surface area contributed by atoms with Crippen molar-refractivity contribution in [3.8, 4) is 0 Å². The van der Waals surface area contributed by atoms with E-state index in [1.54, 1.807) is 6.33 Å². The van der Waals surface area contributed by atoms with Crippen molar-refractivity contribution in [1.29, 1.82) is 0 Å². The fraction of sp³-hybridized carbons (Fsp3) is 0.636. The number of imidazole rings is 1. The topological polar surface area (TPSA) is 58.2 Å². The van der Waals surface area contributed by atoms with Crippen molar-refractivity contribution in [2.24, 2.45) is 0 Å². The molecule has 1 aromatic heterocycles. The number of hydrogen-bond acceptors (Lipinski definition) is 4. The molecule has 0 radical (unpaired) electrons. The van der Waals surface area contributed by atoms with Gasteiger partial charge in [-0.3, -0.25) is 9.69 Å². The van der Waals surface area contributed by atoms with Gasteiger partial charge in [0.1, 0.15) is 6.04 Å². The minimum atomic E-state index is -0.208. The van der Waals surface area contributed by atoms with Gasteiger partial charge in [-0.15, -0.1) is 0 Å². The molecular formula is C11H17N3O2. The summed E-state index contributed by atoms with van der Waals surface area (Å²) < 4.78 is 4.84. The second-order valence-electron chi connectivity index (χ2n) is 4.34. The van der Waals surface area contributed by atoms with Crippen LogP contribution >= 0.6 is 0 Å². The van der Waals surface area contributed by atoms with Gasteiger partial charge < -0.3 is 9.72 Å². The van der Waals surface area contributed by atoms with Crippen LogP contribution in [0.2, 0.25) is 0 Å². The maximum absolute atomic E-state index is 11.7. The number of nitrogens with one attached hydrogen (secondary N) is 1. The smallest absolute Gasteiger partial charge is 0.323 e. The number of esters is 1. The Hall–Kier alpha value is -1.36. The molecular weight excluding hydrogens is 206 g/mol. The van der Waals surface area contributed by atoms with Crippen LogP contribution in [0.3, 0.4) is 0 Å². The van der Waals surface area contributed by atoms with Crippen LogP contribution in [0.25, 0.3) is 0 Å². The highest BCUT2D eigenvalue weighted by Crippen LogP contribution is 2.23. The molecule has 1 aliphatic rings. The van der Waals surface area contributed by atoms with E-state index in [-0.39, 0.29) is 12.0 Å². The van der Waals surface area contributed by atoms with Crippen LogP contribution in [0.5, 0.6) is 0 Å². The maximum Gasteiger partial charge on any atom is 0.323 e. The highest BCUT2D eigenvalue weighted by atomic mass is 16.5. The van der Waals surface area contributed by atoms with Gasteiger partial charge in [0.25, 0.3) is 0 Å². The molecule has 0 unspecified atom stereocenters. The second kappa shape index (κ2) is 4.25. The first kappa shape index (κ1) is 11.1. The van der Waals surface area contributed by atoms with E-state index in [4.69, 9.17) is 4.74 Å². The number of ether oxygens (including phenoxy) is 1. The standard InChI is InChI=1S/C11H17N3O2/c1-7(2)14-5-9-8(12-6-13-9)4-10(14)11(15)16-3/h6-7,10H,4-5H2,1-3H3,(H,12,13)/t10-/m0/s1. The van der Waals surface area contributed by atoms with E-state index in [2.05, 4.69) is 28.7 Å². The van der Waals surface area contributed by atoms with Gasteiger partial charge >= 0.3 is 5.97 Å². The summed E-state index contributed by atoms with van der Waals surface area (Å²) in [4.78, 5) is 21.2. The zero-order chi connectivity index (χ0) is 11.7. The monoisotopic (exact) mass is 223 g/mol. The average Bonchev–Trinajstić information content (AvgIpc) is 2.73. The lowest BCUT2D eigenvalue weighted by Gasteiger charge is -2.35. The third-order valence-electron chi connectivity index (χ3n) is 3.07. The third kappa shape index (κ3) is 1.82. The Morgan fingerprint density at radius 1 is 1.69 bits per heavy atom. The van der Waals surface area contributed by atoms with Gasteiger partial charge in [-0.05, 0) is 13.8 Å². The molecule has 0 fully saturated rings. The van der Waals surface area contributed by atoms with Gasteiger partial charge in [0.05, 0.1) is 24.8 Å². The summed E-state index contributed by atoms with van der Waals surface area (Å²) in [6.45, 7) is 4.89. The molecule has 0 bridgehead atoms. The first-order chi connectivity index (χ1) is 7.63. The summed E-state index contributed by atoms with van der Waals surface area (Å²) in [6.07, 6.45) is 2.31. The summed E-state index contributed by atoms with van der Waals surface area (Å²) in [5, 5.41) is 0. The lowest BCUT2D eigenvalue weighted by Crippen LogP contribution is -2.49. The van der Waals surface area contributed by atoms with Crippen molar-refractivity contribution < 1.29 is 9.53 Å². The number of hydrogen-bond donors (Lipinski definition) is 1. The molecule has 88 valence electrons. The van der Waals surface area contributed by atoms with Crippen molar-refractivity contribution in [3.05, 3.63) is 17.7 Å². The van der Waals surface area contributed by atoms with Gasteiger partial charge in [-0.1, -0.05) is 0 Å². The molecule has 0 amide bonds. The van der Waals surface area contributed by atoms with E-state index < -0.39 is 0 Å². The summed E-state index contributed by atoms with van der Waals surface area (Å²) in [5.41, 5.74) is 2.08. The Balaban J connectivity index is 2.26. The van der Waals surface area contributed by atoms with Crippen LogP contribution in [-0.4, -0.2) is 40.0 Å². The van der Waals surface area contributed by atoms with Gasteiger partial charge in [-0.25, -0.2) is 4.98 Å². The molecule has 0 spiro atoms. The molecule has 1 aromatic rings. The van der Waals surface area contributed by atoms with Gasteiger partial charge in [-0.2, -0.15) is 0 Å². The van der Waals surface area contributed by atoms with Crippen LogP contribution < -0.4 is 0 Å². The van der Waals surface area contributed by atoms with E-state index in [9.17, 15) is 4.79 Å². The zero-order valence-electron chi connectivity index (χ0n) is 9.86. The molecule has 1 atom stereocenters. The number of rotatable bonds is 2. The molecule has 0 aliphatic carbocycles. The minimum Gasteiger partial charge on any atom is -0.468 e. The number of nitrogens with zero attached hydrogens (tertiary/aromatic N) is 2. The van der Waals surface area contributed by atoms with Crippen LogP contribution in [0, 0.1) is 0 Å². The van der Waals surface area contributed by atoms with Crippen LogP contribution in [-0.2, 0) is 22.5 Å². The molecule has 5 nitrogen and oxygen atoms in total. The highest BCUT2D eigenvalue weighted by molar-refractivity contribution is 5.76. The fourth-order valence-corrected chi connectivity index (χ4v) is 2.15. The molecule has 2 rings (SSSR count). The molecule has 16 heavy (non-hydrogen) atoms. The molecule has 0 aromatic carbocycles. The normalized spacial score (nSPS) is 20.9. The van der Waals surface area contributed by atoms with Gasteiger partial charge in [0.15, 0.2) is 0 Å². The van der Waals surface area contributed by atoms with E-state index in [1.807, 2.05) is 0 Å². The molecule has 0 saturated carbocycles. The predicted molar refractivity (Wildman–Crippen MR) is 58.8 cm³/mol. The lowest BCUT2D eigenvalue weighted by molar-refractivity contribution is -0.148. The van der Waals surface area contributed by atoms with E-state index in [0.717, 1.165) is 17.9 Å². The number of methoxy groups -OCH3 is 1. The van der Waals surface area contributed by atoms with Crippen molar-refractivity contribution in [1.82, 2.24) is 14.9 Å². The number of carbonyl (C=O) groups is 1. The largest absolute Gasteiger partial charge is 0.468 e. The molecule has 2 heterocycles. The summed E-state index contributed by atoms with van der Waals surface area (Å²) in [6, 6.07) is 0.0985. The minimum absolute atomic E-state index is 0.178. The fourth-order valence-electron chi connectivity index (χ4n) is 2.15. The van der Waals surface area contributed by atoms with Crippen LogP contribution in [0.15, 0.2) is 6.33 Å². The quantitative estimate of drug-likeness (QED) is 0.750. The highest BCUT2D eigenvalue weighted by Gasteiger charge is 2.34. The predicted octanol–water partition coefficient (Wildman–Crippen LogP) is 0.718. The Morgan fingerprint density at radius 2 is 2.44 bits per heavy atom. The lowest BCUT2D eigenvalue weighted by atomic mass is 10.0.